The molecule has 27 heavy (non-hydrogen) atoms. The fourth-order valence-corrected chi connectivity index (χ4v) is 4.07. The van der Waals surface area contributed by atoms with Crippen LogP contribution >= 0.6 is 11.8 Å². The summed E-state index contributed by atoms with van der Waals surface area (Å²) < 4.78 is 0. The number of thioether (sulfide) groups is 1. The van der Waals surface area contributed by atoms with Crippen molar-refractivity contribution in [2.45, 2.75) is 23.3 Å². The molecule has 2 aliphatic heterocycles. The van der Waals surface area contributed by atoms with E-state index in [-0.39, 0.29) is 11.6 Å². The molecule has 2 aliphatic rings. The second-order valence-electron chi connectivity index (χ2n) is 6.81. The topological polar surface area (TPSA) is 53.6 Å². The zero-order chi connectivity index (χ0) is 18.7. The number of hydroxylamine groups is 1. The molecule has 0 radical (unpaired) electrons. The first-order chi connectivity index (χ1) is 13.2. The number of nitrogens with one attached hydrogen (secondary N) is 2. The lowest BCUT2D eigenvalue weighted by Gasteiger charge is -2.36. The maximum absolute atomic E-state index is 12.7. The third kappa shape index (κ3) is 3.82. The highest BCUT2D eigenvalue weighted by atomic mass is 32.2. The molecule has 0 unspecified atom stereocenters. The fraction of sp³-hybridized carbons (Fsp3) is 0.286. The van der Waals surface area contributed by atoms with Gasteiger partial charge in [0.15, 0.2) is 0 Å². The molecule has 0 atom stereocenters. The number of anilines is 1. The van der Waals surface area contributed by atoms with Crippen molar-refractivity contribution in [3.05, 3.63) is 66.2 Å². The van der Waals surface area contributed by atoms with Crippen molar-refractivity contribution in [1.29, 1.82) is 0 Å². The summed E-state index contributed by atoms with van der Waals surface area (Å²) in [5.74, 6) is 0. The molecule has 1 spiro atoms. The van der Waals surface area contributed by atoms with E-state index in [2.05, 4.69) is 29.0 Å². The molecule has 5 nitrogen and oxygen atoms in total. The van der Waals surface area contributed by atoms with Gasteiger partial charge in [0.2, 0.25) is 0 Å². The average Bonchev–Trinajstić information content (AvgIpc) is 3.13. The molecule has 4 rings (SSSR count). The van der Waals surface area contributed by atoms with E-state index in [1.54, 1.807) is 11.8 Å². The summed E-state index contributed by atoms with van der Waals surface area (Å²) in [7, 11) is 0. The lowest BCUT2D eigenvalue weighted by Crippen LogP contribution is -2.48. The summed E-state index contributed by atoms with van der Waals surface area (Å²) >= 11 is 1.63. The number of piperidine rings is 1. The number of carbonyl (C=O) groups is 1. The molecule has 140 valence electrons. The molecule has 2 amide bonds. The van der Waals surface area contributed by atoms with Crippen LogP contribution in [-0.2, 0) is 4.84 Å². The van der Waals surface area contributed by atoms with Crippen molar-refractivity contribution in [1.82, 2.24) is 10.4 Å². The number of hydrogen-bond acceptors (Lipinski definition) is 4. The van der Waals surface area contributed by atoms with Gasteiger partial charge in [0, 0.05) is 30.8 Å². The first kappa shape index (κ1) is 17.9. The summed E-state index contributed by atoms with van der Waals surface area (Å²) in [5.41, 5.74) is 5.72. The molecule has 0 saturated carbocycles. The van der Waals surface area contributed by atoms with Crippen LogP contribution in [0.15, 0.2) is 65.6 Å². The monoisotopic (exact) mass is 381 g/mol. The zero-order valence-corrected chi connectivity index (χ0v) is 16.1. The number of nitrogens with zero attached hydrogens (tertiary/aromatic N) is 1. The highest BCUT2D eigenvalue weighted by Crippen LogP contribution is 2.35. The predicted molar refractivity (Wildman–Crippen MR) is 109 cm³/mol. The Morgan fingerprint density at radius 1 is 1.11 bits per heavy atom. The zero-order valence-electron chi connectivity index (χ0n) is 15.3. The normalized spacial score (nSPS) is 18.1. The van der Waals surface area contributed by atoms with Gasteiger partial charge in [0.25, 0.3) is 0 Å². The van der Waals surface area contributed by atoms with E-state index in [4.69, 9.17) is 4.84 Å². The Morgan fingerprint density at radius 2 is 1.81 bits per heavy atom. The fourth-order valence-electron chi connectivity index (χ4n) is 3.52. The van der Waals surface area contributed by atoms with E-state index in [0.29, 0.717) is 13.1 Å². The SMILES string of the molecule is CSc1ccccc1NC(=O)N1CCC2(C=C(c3ccccc3)NO2)CC1. The van der Waals surface area contributed by atoms with Gasteiger partial charge in [-0.15, -0.1) is 11.8 Å². The van der Waals surface area contributed by atoms with Gasteiger partial charge >= 0.3 is 6.03 Å². The van der Waals surface area contributed by atoms with Gasteiger partial charge in [-0.1, -0.05) is 42.5 Å². The van der Waals surface area contributed by atoms with Crippen LogP contribution in [0.5, 0.6) is 0 Å². The molecule has 1 fully saturated rings. The number of carbonyl (C=O) groups excluding carboxylic acids is 1. The van der Waals surface area contributed by atoms with Gasteiger partial charge in [-0.25, -0.2) is 4.79 Å². The van der Waals surface area contributed by atoms with Crippen molar-refractivity contribution in [3.8, 4) is 0 Å². The number of rotatable bonds is 3. The Morgan fingerprint density at radius 3 is 2.56 bits per heavy atom. The Bertz CT molecular complexity index is 846. The predicted octanol–water partition coefficient (Wildman–Crippen LogP) is 4.35. The van der Waals surface area contributed by atoms with Crippen LogP contribution in [0, 0.1) is 0 Å². The van der Waals surface area contributed by atoms with Crippen LogP contribution < -0.4 is 10.8 Å². The molecule has 0 aromatic heterocycles. The standard InChI is InChI=1S/C21H23N3O2S/c1-27-19-10-6-5-9-17(19)22-20(25)24-13-11-21(12-14-24)15-18(23-26-21)16-7-3-2-4-8-16/h2-10,15,23H,11-14H2,1H3,(H,22,25). The molecule has 0 bridgehead atoms. The Kier molecular flexibility index (Phi) is 5.09. The third-order valence-corrected chi connectivity index (χ3v) is 5.90. The van der Waals surface area contributed by atoms with Crippen molar-refractivity contribution >= 4 is 29.2 Å². The van der Waals surface area contributed by atoms with Gasteiger partial charge in [0.1, 0.15) is 5.60 Å². The van der Waals surface area contributed by atoms with Crippen LogP contribution in [0.3, 0.4) is 0 Å². The molecule has 2 heterocycles. The minimum atomic E-state index is -0.334. The van der Waals surface area contributed by atoms with Crippen LogP contribution in [0.25, 0.3) is 5.70 Å². The van der Waals surface area contributed by atoms with E-state index >= 15 is 0 Å². The lowest BCUT2D eigenvalue weighted by molar-refractivity contribution is -0.0634. The molecule has 1 saturated heterocycles. The van der Waals surface area contributed by atoms with Gasteiger partial charge in [-0.3, -0.25) is 10.3 Å². The second kappa shape index (κ2) is 7.66. The Hall–Kier alpha value is -2.44. The van der Waals surface area contributed by atoms with Gasteiger partial charge in [-0.05, 0) is 30.0 Å². The summed E-state index contributed by atoms with van der Waals surface area (Å²) in [5, 5.41) is 3.04. The molecule has 2 N–H and O–H groups in total. The van der Waals surface area contributed by atoms with Gasteiger partial charge in [-0.2, -0.15) is 0 Å². The van der Waals surface area contributed by atoms with Gasteiger partial charge < -0.3 is 10.2 Å². The maximum Gasteiger partial charge on any atom is 0.321 e. The summed E-state index contributed by atoms with van der Waals surface area (Å²) in [6.45, 7) is 1.32. The first-order valence-corrected chi connectivity index (χ1v) is 10.3. The van der Waals surface area contributed by atoms with E-state index < -0.39 is 0 Å². The number of hydrogen-bond donors (Lipinski definition) is 2. The highest BCUT2D eigenvalue weighted by Gasteiger charge is 2.39. The van der Waals surface area contributed by atoms with Crippen molar-refractivity contribution in [2.75, 3.05) is 24.7 Å². The van der Waals surface area contributed by atoms with E-state index in [0.717, 1.165) is 34.7 Å². The number of amides is 2. The van der Waals surface area contributed by atoms with Gasteiger partial charge in [0.05, 0.1) is 11.4 Å². The molecule has 6 heteroatoms. The van der Waals surface area contributed by atoms with Crippen molar-refractivity contribution in [3.63, 3.8) is 0 Å². The Balaban J connectivity index is 1.39. The maximum atomic E-state index is 12.7. The van der Waals surface area contributed by atoms with Crippen LogP contribution in [-0.4, -0.2) is 35.9 Å². The summed E-state index contributed by atoms with van der Waals surface area (Å²) in [6, 6.07) is 18.0. The lowest BCUT2D eigenvalue weighted by atomic mass is 9.90. The van der Waals surface area contributed by atoms with Crippen molar-refractivity contribution in [2.24, 2.45) is 0 Å². The minimum Gasteiger partial charge on any atom is -0.324 e. The second-order valence-corrected chi connectivity index (χ2v) is 7.66. The number of benzene rings is 2. The molecule has 0 aliphatic carbocycles. The summed E-state index contributed by atoms with van der Waals surface area (Å²) in [6.07, 6.45) is 5.72. The van der Waals surface area contributed by atoms with Crippen LogP contribution in [0.2, 0.25) is 0 Å². The number of urea groups is 1. The quantitative estimate of drug-likeness (QED) is 0.776. The largest absolute Gasteiger partial charge is 0.324 e. The molecular formula is C21H23N3O2S. The Labute approximate surface area is 163 Å². The average molecular weight is 382 g/mol. The number of likely N-dealkylation sites (tertiary alicyclic amines) is 1. The van der Waals surface area contributed by atoms with Crippen molar-refractivity contribution < 1.29 is 9.63 Å². The first-order valence-electron chi connectivity index (χ1n) is 9.10. The molecule has 2 aromatic rings. The number of para-hydroxylation sites is 1. The molecule has 2 aromatic carbocycles. The van der Waals surface area contributed by atoms with E-state index in [1.807, 2.05) is 53.6 Å². The smallest absolute Gasteiger partial charge is 0.321 e. The third-order valence-electron chi connectivity index (χ3n) is 5.10. The molecular weight excluding hydrogens is 358 g/mol. The highest BCUT2D eigenvalue weighted by molar-refractivity contribution is 7.98. The van der Waals surface area contributed by atoms with E-state index in [1.165, 1.54) is 0 Å². The van der Waals surface area contributed by atoms with Crippen LogP contribution in [0.1, 0.15) is 18.4 Å². The van der Waals surface area contributed by atoms with Crippen LogP contribution in [0.4, 0.5) is 10.5 Å². The summed E-state index contributed by atoms with van der Waals surface area (Å²) in [4.78, 5) is 21.5. The van der Waals surface area contributed by atoms with E-state index in [9.17, 15) is 4.79 Å². The minimum absolute atomic E-state index is 0.0513.